The van der Waals surface area contributed by atoms with Gasteiger partial charge in [-0.2, -0.15) is 23.5 Å². The highest BCUT2D eigenvalue weighted by atomic mass is 19.4. The van der Waals surface area contributed by atoms with Crippen molar-refractivity contribution in [3.05, 3.63) is 52.6 Å². The van der Waals surface area contributed by atoms with Gasteiger partial charge in [-0.05, 0) is 25.0 Å². The Labute approximate surface area is 206 Å². The van der Waals surface area contributed by atoms with Crippen LogP contribution < -0.4 is 15.2 Å². The van der Waals surface area contributed by atoms with Crippen LogP contribution in [0.3, 0.4) is 0 Å². The van der Waals surface area contributed by atoms with Gasteiger partial charge in [0.15, 0.2) is 11.3 Å². The number of fused-ring (bicyclic) bond motifs is 1. The van der Waals surface area contributed by atoms with Crippen LogP contribution in [-0.4, -0.2) is 53.5 Å². The summed E-state index contributed by atoms with van der Waals surface area (Å²) in [5.74, 6) is -0.564. The van der Waals surface area contributed by atoms with Crippen molar-refractivity contribution in [1.82, 2.24) is 34.3 Å². The summed E-state index contributed by atoms with van der Waals surface area (Å²) in [5.41, 5.74) is -1.08. The minimum Gasteiger partial charge on any atom is -0.483 e. The minimum atomic E-state index is -4.86. The van der Waals surface area contributed by atoms with Crippen LogP contribution in [0.4, 0.5) is 19.1 Å². The van der Waals surface area contributed by atoms with E-state index in [1.54, 1.807) is 11.1 Å². The van der Waals surface area contributed by atoms with Gasteiger partial charge in [0, 0.05) is 18.8 Å². The van der Waals surface area contributed by atoms with E-state index >= 15 is 0 Å². The maximum absolute atomic E-state index is 13.6. The van der Waals surface area contributed by atoms with Crippen LogP contribution in [0.15, 0.2) is 35.5 Å². The molecule has 2 aliphatic rings. The molecule has 0 spiro atoms. The van der Waals surface area contributed by atoms with Crippen LogP contribution in [0.5, 0.6) is 5.75 Å². The number of ether oxygens (including phenoxy) is 1. The molecule has 14 heteroatoms. The molecule has 0 atom stereocenters. The van der Waals surface area contributed by atoms with Crippen molar-refractivity contribution in [2.75, 3.05) is 18.0 Å². The van der Waals surface area contributed by atoms with E-state index in [4.69, 9.17) is 10.00 Å². The SMILES string of the molecule is Cn1c(C(F)(F)F)nc2c(-c3ccc(C#N)nc3)nc(N3CC(Oc4cnn(C5CC5)c4)C3)nc2c1=O. The van der Waals surface area contributed by atoms with Gasteiger partial charge < -0.3 is 9.64 Å². The number of anilines is 1. The molecule has 0 radical (unpaired) electrons. The van der Waals surface area contributed by atoms with Gasteiger partial charge in [0.05, 0.1) is 31.5 Å². The Balaban J connectivity index is 1.36. The monoisotopic (exact) mass is 509 g/mol. The fourth-order valence-electron chi connectivity index (χ4n) is 4.12. The number of rotatable bonds is 5. The van der Waals surface area contributed by atoms with Crippen molar-refractivity contribution in [3.8, 4) is 23.1 Å². The van der Waals surface area contributed by atoms with Gasteiger partial charge in [-0.3, -0.25) is 14.0 Å². The lowest BCUT2D eigenvalue weighted by molar-refractivity contribution is -0.147. The lowest BCUT2D eigenvalue weighted by Crippen LogP contribution is -2.54. The molecule has 0 unspecified atom stereocenters. The molecule has 0 bridgehead atoms. The number of pyridine rings is 1. The molecule has 0 amide bonds. The highest BCUT2D eigenvalue weighted by Gasteiger charge is 2.38. The summed E-state index contributed by atoms with van der Waals surface area (Å²) in [6.45, 7) is 0.805. The van der Waals surface area contributed by atoms with Crippen molar-refractivity contribution < 1.29 is 17.9 Å². The molecule has 1 saturated carbocycles. The Morgan fingerprint density at radius 3 is 2.54 bits per heavy atom. The summed E-state index contributed by atoms with van der Waals surface area (Å²) in [6.07, 6.45) is 1.99. The Morgan fingerprint density at radius 2 is 1.89 bits per heavy atom. The van der Waals surface area contributed by atoms with E-state index in [0.717, 1.165) is 19.9 Å². The number of nitriles is 1. The van der Waals surface area contributed by atoms with E-state index in [-0.39, 0.29) is 34.5 Å². The van der Waals surface area contributed by atoms with E-state index in [9.17, 15) is 18.0 Å². The van der Waals surface area contributed by atoms with Crippen LogP contribution in [0.25, 0.3) is 22.3 Å². The summed E-state index contributed by atoms with van der Waals surface area (Å²) >= 11 is 0. The van der Waals surface area contributed by atoms with Gasteiger partial charge in [0.1, 0.15) is 29.1 Å². The first-order valence-corrected chi connectivity index (χ1v) is 11.4. The summed E-state index contributed by atoms with van der Waals surface area (Å²) in [5, 5.41) is 13.3. The minimum absolute atomic E-state index is 0.00951. The molecule has 1 aliphatic heterocycles. The van der Waals surface area contributed by atoms with Crippen molar-refractivity contribution >= 4 is 17.0 Å². The summed E-state index contributed by atoms with van der Waals surface area (Å²) < 4.78 is 49.1. The Morgan fingerprint density at radius 1 is 1.11 bits per heavy atom. The zero-order valence-corrected chi connectivity index (χ0v) is 19.3. The van der Waals surface area contributed by atoms with Gasteiger partial charge in [-0.25, -0.2) is 19.9 Å². The quantitative estimate of drug-likeness (QED) is 0.399. The van der Waals surface area contributed by atoms with E-state index in [1.165, 1.54) is 18.3 Å². The Bertz CT molecular complexity index is 1610. The van der Waals surface area contributed by atoms with Gasteiger partial charge in [-0.15, -0.1) is 0 Å². The molecular formula is C23H18F3N9O2. The molecule has 4 aromatic heterocycles. The summed E-state index contributed by atoms with van der Waals surface area (Å²) in [4.78, 5) is 31.2. The second-order valence-electron chi connectivity index (χ2n) is 8.94. The van der Waals surface area contributed by atoms with Crippen LogP contribution in [0.2, 0.25) is 0 Å². The second kappa shape index (κ2) is 8.26. The number of hydrogen-bond donors (Lipinski definition) is 0. The molecule has 1 saturated heterocycles. The maximum atomic E-state index is 13.6. The first-order chi connectivity index (χ1) is 17.7. The van der Waals surface area contributed by atoms with Crippen LogP contribution in [0, 0.1) is 11.3 Å². The van der Waals surface area contributed by atoms with E-state index in [0.29, 0.717) is 35.0 Å². The summed E-state index contributed by atoms with van der Waals surface area (Å²) in [6, 6.07) is 5.21. The molecule has 37 heavy (non-hydrogen) atoms. The Kier molecular flexibility index (Phi) is 5.11. The molecule has 6 rings (SSSR count). The van der Waals surface area contributed by atoms with Crippen LogP contribution in [-0.2, 0) is 13.2 Å². The molecule has 5 heterocycles. The normalized spacial score (nSPS) is 16.0. The van der Waals surface area contributed by atoms with Gasteiger partial charge in [0.25, 0.3) is 5.56 Å². The van der Waals surface area contributed by atoms with Crippen molar-refractivity contribution in [1.29, 1.82) is 5.26 Å². The number of aromatic nitrogens is 7. The zero-order valence-electron chi connectivity index (χ0n) is 19.3. The third-order valence-corrected chi connectivity index (χ3v) is 6.25. The van der Waals surface area contributed by atoms with Gasteiger partial charge >= 0.3 is 6.18 Å². The molecule has 188 valence electrons. The van der Waals surface area contributed by atoms with E-state index < -0.39 is 17.6 Å². The smallest absolute Gasteiger partial charge is 0.449 e. The van der Waals surface area contributed by atoms with Crippen molar-refractivity contribution in [3.63, 3.8) is 0 Å². The average Bonchev–Trinajstić information content (AvgIpc) is 3.60. The predicted octanol–water partition coefficient (Wildman–Crippen LogP) is 2.47. The third-order valence-electron chi connectivity index (χ3n) is 6.25. The lowest BCUT2D eigenvalue weighted by Gasteiger charge is -2.38. The Hall–Kier alpha value is -4.54. The van der Waals surface area contributed by atoms with Crippen molar-refractivity contribution in [2.24, 2.45) is 7.05 Å². The van der Waals surface area contributed by atoms with Crippen LogP contribution >= 0.6 is 0 Å². The third kappa shape index (κ3) is 4.11. The topological polar surface area (TPSA) is 128 Å². The second-order valence-corrected chi connectivity index (χ2v) is 8.94. The molecule has 1 aliphatic carbocycles. The average molecular weight is 509 g/mol. The summed E-state index contributed by atoms with van der Waals surface area (Å²) in [7, 11) is 0.998. The number of halogens is 3. The van der Waals surface area contributed by atoms with E-state index in [2.05, 4.69) is 25.0 Å². The number of nitrogens with zero attached hydrogens (tertiary/aromatic N) is 9. The molecule has 2 fully saturated rings. The standard InChI is InChI=1S/C23H18F3N9O2/c1-33-20(36)19-18(30-21(33)23(24,25)26)17(12-2-3-13(6-27)28-7-12)31-22(32-19)34-9-16(10-34)37-15-8-29-35(11-15)14-4-5-14/h2-3,7-8,11,14,16H,4-5,9-10H2,1H3. The number of alkyl halides is 3. The fourth-order valence-corrected chi connectivity index (χ4v) is 4.12. The largest absolute Gasteiger partial charge is 0.483 e. The maximum Gasteiger partial charge on any atom is 0.449 e. The lowest BCUT2D eigenvalue weighted by atomic mass is 10.1. The molecule has 4 aromatic rings. The molecule has 11 nitrogen and oxygen atoms in total. The van der Waals surface area contributed by atoms with Gasteiger partial charge in [-0.1, -0.05) is 0 Å². The zero-order chi connectivity index (χ0) is 25.9. The first-order valence-electron chi connectivity index (χ1n) is 11.4. The van der Waals surface area contributed by atoms with Gasteiger partial charge in [0.2, 0.25) is 11.8 Å². The predicted molar refractivity (Wildman–Crippen MR) is 123 cm³/mol. The van der Waals surface area contributed by atoms with E-state index in [1.807, 2.05) is 16.9 Å². The fraction of sp³-hybridized carbons (Fsp3) is 0.348. The highest BCUT2D eigenvalue weighted by molar-refractivity contribution is 5.89. The van der Waals surface area contributed by atoms with Crippen molar-refractivity contribution in [2.45, 2.75) is 31.2 Å². The molecule has 0 aromatic carbocycles. The number of hydrogen-bond acceptors (Lipinski definition) is 9. The molecular weight excluding hydrogens is 491 g/mol. The highest BCUT2D eigenvalue weighted by Crippen LogP contribution is 2.35. The molecule has 0 N–H and O–H groups in total. The first kappa shape index (κ1) is 22.9. The van der Waals surface area contributed by atoms with Crippen LogP contribution in [0.1, 0.15) is 30.4 Å².